The number of nitrogens with zero attached hydrogens (tertiary/aromatic N) is 1. The minimum atomic E-state index is -4.20. The summed E-state index contributed by atoms with van der Waals surface area (Å²) in [5.74, 6) is -0.372. The van der Waals surface area contributed by atoms with Crippen LogP contribution in [-0.4, -0.2) is 31.2 Å². The van der Waals surface area contributed by atoms with E-state index in [9.17, 15) is 17.6 Å². The fourth-order valence-corrected chi connectivity index (χ4v) is 1.40. The van der Waals surface area contributed by atoms with Crippen LogP contribution in [0.2, 0.25) is 0 Å². The molecule has 0 aliphatic carbocycles. The Morgan fingerprint density at radius 3 is 2.38 bits per heavy atom. The molecule has 0 radical (unpaired) electrons. The molecule has 0 heterocycles. The molecule has 0 amide bonds. The summed E-state index contributed by atoms with van der Waals surface area (Å²) in [5.41, 5.74) is 0.441. The third-order valence-corrected chi connectivity index (χ3v) is 2.17. The Balaban J connectivity index is 2.43. The van der Waals surface area contributed by atoms with Gasteiger partial charge in [0, 0.05) is 6.54 Å². The molecule has 1 rings (SSSR count). The first-order valence-electron chi connectivity index (χ1n) is 4.87. The van der Waals surface area contributed by atoms with Crippen LogP contribution in [0.15, 0.2) is 24.3 Å². The van der Waals surface area contributed by atoms with Gasteiger partial charge in [-0.3, -0.25) is 4.90 Å². The molecular weight excluding hydrogens is 222 g/mol. The van der Waals surface area contributed by atoms with E-state index in [2.05, 4.69) is 0 Å². The maximum Gasteiger partial charge on any atom is 0.401 e. The van der Waals surface area contributed by atoms with Gasteiger partial charge in [0.15, 0.2) is 0 Å². The number of rotatable bonds is 4. The highest BCUT2D eigenvalue weighted by Crippen LogP contribution is 2.16. The summed E-state index contributed by atoms with van der Waals surface area (Å²) in [4.78, 5) is 1.13. The number of hydrogen-bond acceptors (Lipinski definition) is 1. The van der Waals surface area contributed by atoms with Crippen molar-refractivity contribution in [1.29, 1.82) is 0 Å². The number of likely N-dealkylation sites (N-methyl/N-ethyl adjacent to an activating group) is 1. The van der Waals surface area contributed by atoms with Crippen molar-refractivity contribution in [3.05, 3.63) is 35.6 Å². The lowest BCUT2D eigenvalue weighted by Gasteiger charge is -2.18. The Kier molecular flexibility index (Phi) is 4.29. The van der Waals surface area contributed by atoms with Gasteiger partial charge in [0.05, 0.1) is 6.54 Å². The van der Waals surface area contributed by atoms with Crippen molar-refractivity contribution in [3.8, 4) is 0 Å². The monoisotopic (exact) mass is 235 g/mol. The standard InChI is InChI=1S/C11H13F4N/c1-16(8-11(13,14)15)7-6-9-4-2-3-5-10(9)12/h2-5H,6-8H2,1H3. The molecule has 0 fully saturated rings. The quantitative estimate of drug-likeness (QED) is 0.725. The van der Waals surface area contributed by atoms with Crippen molar-refractivity contribution in [2.45, 2.75) is 12.6 Å². The van der Waals surface area contributed by atoms with Crippen LogP contribution in [0, 0.1) is 5.82 Å². The van der Waals surface area contributed by atoms with E-state index in [-0.39, 0.29) is 18.8 Å². The first kappa shape index (κ1) is 13.0. The third-order valence-electron chi connectivity index (χ3n) is 2.17. The third kappa shape index (κ3) is 4.61. The number of alkyl halides is 3. The molecule has 5 heteroatoms. The lowest BCUT2D eigenvalue weighted by Crippen LogP contribution is -2.32. The molecule has 0 bridgehead atoms. The van der Waals surface area contributed by atoms with Gasteiger partial charge in [-0.1, -0.05) is 18.2 Å². The summed E-state index contributed by atoms with van der Waals surface area (Å²) in [6.45, 7) is -0.790. The second kappa shape index (κ2) is 5.30. The number of benzene rings is 1. The molecule has 0 saturated carbocycles. The number of hydrogen-bond donors (Lipinski definition) is 0. The van der Waals surface area contributed by atoms with Gasteiger partial charge < -0.3 is 0 Å². The van der Waals surface area contributed by atoms with Crippen LogP contribution in [0.5, 0.6) is 0 Å². The van der Waals surface area contributed by atoms with Crippen molar-refractivity contribution in [1.82, 2.24) is 4.90 Å². The van der Waals surface area contributed by atoms with E-state index in [4.69, 9.17) is 0 Å². The summed E-state index contributed by atoms with van der Waals surface area (Å²) in [6, 6.07) is 6.11. The van der Waals surface area contributed by atoms with Gasteiger partial charge >= 0.3 is 6.18 Å². The molecule has 0 unspecified atom stereocenters. The maximum absolute atomic E-state index is 13.1. The van der Waals surface area contributed by atoms with Gasteiger partial charge in [-0.05, 0) is 25.1 Å². The van der Waals surface area contributed by atoms with Crippen LogP contribution < -0.4 is 0 Å². The molecule has 1 aromatic carbocycles. The first-order valence-corrected chi connectivity index (χ1v) is 4.87. The topological polar surface area (TPSA) is 3.24 Å². The van der Waals surface area contributed by atoms with Crippen LogP contribution in [-0.2, 0) is 6.42 Å². The minimum Gasteiger partial charge on any atom is -0.298 e. The van der Waals surface area contributed by atoms with E-state index in [1.165, 1.54) is 13.1 Å². The second-order valence-electron chi connectivity index (χ2n) is 3.69. The van der Waals surface area contributed by atoms with Crippen molar-refractivity contribution in [2.24, 2.45) is 0 Å². The minimum absolute atomic E-state index is 0.181. The van der Waals surface area contributed by atoms with E-state index < -0.39 is 12.7 Å². The SMILES string of the molecule is CN(CCc1ccccc1F)CC(F)(F)F. The Bertz CT molecular complexity index is 335. The van der Waals surface area contributed by atoms with E-state index in [1.807, 2.05) is 0 Å². The predicted octanol–water partition coefficient (Wildman–Crippen LogP) is 2.86. The van der Waals surface area contributed by atoms with Gasteiger partial charge in [-0.25, -0.2) is 4.39 Å². The molecule has 0 aromatic heterocycles. The smallest absolute Gasteiger partial charge is 0.298 e. The fraction of sp³-hybridized carbons (Fsp3) is 0.455. The second-order valence-corrected chi connectivity index (χ2v) is 3.69. The molecule has 0 N–H and O–H groups in total. The summed E-state index contributed by atoms with van der Waals surface area (Å²) in [7, 11) is 1.37. The highest BCUT2D eigenvalue weighted by Gasteiger charge is 2.28. The maximum atomic E-state index is 13.1. The van der Waals surface area contributed by atoms with Crippen molar-refractivity contribution < 1.29 is 17.6 Å². The summed E-state index contributed by atoms with van der Waals surface area (Å²) in [5, 5.41) is 0. The largest absolute Gasteiger partial charge is 0.401 e. The Hall–Kier alpha value is -1.10. The molecular formula is C11H13F4N. The highest BCUT2D eigenvalue weighted by molar-refractivity contribution is 5.17. The van der Waals surface area contributed by atoms with E-state index >= 15 is 0 Å². The van der Waals surface area contributed by atoms with Gasteiger partial charge in [0.25, 0.3) is 0 Å². The van der Waals surface area contributed by atoms with Crippen LogP contribution in [0.3, 0.4) is 0 Å². The summed E-state index contributed by atoms with van der Waals surface area (Å²) >= 11 is 0. The summed E-state index contributed by atoms with van der Waals surface area (Å²) < 4.78 is 49.1. The first-order chi connectivity index (χ1) is 7.38. The molecule has 1 aromatic rings. The van der Waals surface area contributed by atoms with E-state index in [0.29, 0.717) is 5.56 Å². The zero-order valence-corrected chi connectivity index (χ0v) is 8.89. The Morgan fingerprint density at radius 2 is 1.81 bits per heavy atom. The van der Waals surface area contributed by atoms with Gasteiger partial charge in [-0.15, -0.1) is 0 Å². The molecule has 0 aliphatic heterocycles. The van der Waals surface area contributed by atoms with Crippen LogP contribution in [0.25, 0.3) is 0 Å². The molecule has 0 atom stereocenters. The van der Waals surface area contributed by atoms with Crippen molar-refractivity contribution >= 4 is 0 Å². The van der Waals surface area contributed by atoms with Gasteiger partial charge in [0.2, 0.25) is 0 Å². The molecule has 1 nitrogen and oxygen atoms in total. The molecule has 0 saturated heterocycles. The molecule has 90 valence electrons. The zero-order valence-electron chi connectivity index (χ0n) is 8.89. The van der Waals surface area contributed by atoms with Crippen molar-refractivity contribution in [3.63, 3.8) is 0 Å². The Labute approximate surface area is 91.7 Å². The lowest BCUT2D eigenvalue weighted by atomic mass is 10.1. The lowest BCUT2D eigenvalue weighted by molar-refractivity contribution is -0.142. The van der Waals surface area contributed by atoms with Gasteiger partial charge in [-0.2, -0.15) is 13.2 Å². The van der Waals surface area contributed by atoms with Crippen LogP contribution in [0.4, 0.5) is 17.6 Å². The molecule has 0 aliphatic rings. The van der Waals surface area contributed by atoms with Crippen LogP contribution >= 0.6 is 0 Å². The van der Waals surface area contributed by atoms with E-state index in [0.717, 1.165) is 4.90 Å². The molecule has 0 spiro atoms. The Morgan fingerprint density at radius 1 is 1.19 bits per heavy atom. The molecule has 16 heavy (non-hydrogen) atoms. The number of halogens is 4. The fourth-order valence-electron chi connectivity index (χ4n) is 1.40. The predicted molar refractivity (Wildman–Crippen MR) is 53.7 cm³/mol. The average Bonchev–Trinajstić information content (AvgIpc) is 2.14. The van der Waals surface area contributed by atoms with Gasteiger partial charge in [0.1, 0.15) is 5.82 Å². The van der Waals surface area contributed by atoms with E-state index in [1.54, 1.807) is 18.2 Å². The summed E-state index contributed by atoms with van der Waals surface area (Å²) in [6.07, 6.45) is -3.93. The average molecular weight is 235 g/mol. The zero-order chi connectivity index (χ0) is 12.2. The van der Waals surface area contributed by atoms with Crippen molar-refractivity contribution in [2.75, 3.05) is 20.1 Å². The normalized spacial score (nSPS) is 12.1. The highest BCUT2D eigenvalue weighted by atomic mass is 19.4. The van der Waals surface area contributed by atoms with Crippen LogP contribution in [0.1, 0.15) is 5.56 Å².